The molecule has 41 heavy (non-hydrogen) atoms. The first-order valence-corrected chi connectivity index (χ1v) is 14.3. The van der Waals surface area contributed by atoms with Crippen LogP contribution in [-0.4, -0.2) is 23.0 Å². The Kier molecular flexibility index (Phi) is 8.57. The zero-order valence-corrected chi connectivity index (χ0v) is 25.5. The van der Waals surface area contributed by atoms with Gasteiger partial charge in [-0.1, -0.05) is 67.9 Å². The smallest absolute Gasteiger partial charge is 0.282 e. The number of fused-ring (bicyclic) bond motifs is 1. The van der Waals surface area contributed by atoms with Crippen LogP contribution in [0, 0.1) is 6.92 Å². The van der Waals surface area contributed by atoms with Crippen molar-refractivity contribution in [2.24, 2.45) is 5.10 Å². The van der Waals surface area contributed by atoms with Gasteiger partial charge in [0.25, 0.3) is 5.56 Å². The molecule has 0 saturated heterocycles. The molecule has 0 aliphatic carbocycles. The summed E-state index contributed by atoms with van der Waals surface area (Å²) in [6.45, 7) is 6.53. The molecular weight excluding hydrogens is 602 g/mol. The molecule has 0 fully saturated rings. The van der Waals surface area contributed by atoms with Crippen LogP contribution in [0.4, 0.5) is 0 Å². The highest BCUT2D eigenvalue weighted by Crippen LogP contribution is 2.35. The van der Waals surface area contributed by atoms with Crippen LogP contribution in [0.3, 0.4) is 0 Å². The second-order valence-corrected chi connectivity index (χ2v) is 11.2. The van der Waals surface area contributed by atoms with Crippen LogP contribution in [0.5, 0.6) is 11.5 Å². The number of nitrogens with zero attached hydrogens (tertiary/aromatic N) is 3. The molecule has 0 spiro atoms. The summed E-state index contributed by atoms with van der Waals surface area (Å²) in [5.41, 5.74) is 4.67. The second-order valence-electron chi connectivity index (χ2n) is 9.96. The lowest BCUT2D eigenvalue weighted by Gasteiger charge is -2.17. The molecule has 4 aromatic carbocycles. The second kappa shape index (κ2) is 12.3. The van der Waals surface area contributed by atoms with Crippen molar-refractivity contribution in [2.45, 2.75) is 33.3 Å². The molecule has 208 valence electrons. The van der Waals surface area contributed by atoms with E-state index in [2.05, 4.69) is 34.9 Å². The fourth-order valence-corrected chi connectivity index (χ4v) is 5.60. The molecule has 6 nitrogen and oxygen atoms in total. The third-order valence-corrected chi connectivity index (χ3v) is 7.58. The third kappa shape index (κ3) is 6.06. The van der Waals surface area contributed by atoms with Crippen molar-refractivity contribution in [3.05, 3.63) is 121 Å². The van der Waals surface area contributed by atoms with Crippen molar-refractivity contribution in [3.8, 4) is 22.9 Å². The number of aromatic nitrogens is 2. The fourth-order valence-electron chi connectivity index (χ4n) is 4.65. The van der Waals surface area contributed by atoms with E-state index in [0.717, 1.165) is 28.0 Å². The van der Waals surface area contributed by atoms with E-state index in [0.29, 0.717) is 44.1 Å². The Morgan fingerprint density at radius 1 is 1.05 bits per heavy atom. The highest BCUT2D eigenvalue weighted by atomic mass is 79.9. The largest absolute Gasteiger partial charge is 0.496 e. The average Bonchev–Trinajstić information content (AvgIpc) is 2.96. The highest BCUT2D eigenvalue weighted by molar-refractivity contribution is 9.10. The quantitative estimate of drug-likeness (QED) is 0.162. The van der Waals surface area contributed by atoms with E-state index in [-0.39, 0.29) is 11.5 Å². The summed E-state index contributed by atoms with van der Waals surface area (Å²) in [6.07, 6.45) is 1.58. The molecule has 0 radical (unpaired) electrons. The summed E-state index contributed by atoms with van der Waals surface area (Å²) >= 11 is 9.99. The zero-order valence-electron chi connectivity index (χ0n) is 23.2. The molecule has 0 aliphatic rings. The lowest BCUT2D eigenvalue weighted by molar-refractivity contribution is 0.304. The number of rotatable bonds is 8. The van der Waals surface area contributed by atoms with Crippen molar-refractivity contribution in [1.29, 1.82) is 0 Å². The Balaban J connectivity index is 1.67. The topological polar surface area (TPSA) is 65.7 Å². The van der Waals surface area contributed by atoms with Gasteiger partial charge in [-0.25, -0.2) is 4.98 Å². The fraction of sp³-hybridized carbons (Fsp3) is 0.182. The predicted octanol–water partition coefficient (Wildman–Crippen LogP) is 8.38. The molecule has 0 N–H and O–H groups in total. The zero-order chi connectivity index (χ0) is 29.1. The number of aryl methyl sites for hydroxylation is 1. The molecule has 0 atom stereocenters. The molecule has 1 heterocycles. The highest BCUT2D eigenvalue weighted by Gasteiger charge is 2.19. The van der Waals surface area contributed by atoms with Gasteiger partial charge in [-0.05, 0) is 81.9 Å². The Morgan fingerprint density at radius 3 is 2.51 bits per heavy atom. The molecule has 5 aromatic rings. The minimum atomic E-state index is -0.281. The Labute approximate surface area is 252 Å². The van der Waals surface area contributed by atoms with Gasteiger partial charge in [-0.2, -0.15) is 9.78 Å². The van der Waals surface area contributed by atoms with E-state index in [1.54, 1.807) is 31.5 Å². The summed E-state index contributed by atoms with van der Waals surface area (Å²) in [5.74, 6) is 1.98. The minimum Gasteiger partial charge on any atom is -0.496 e. The van der Waals surface area contributed by atoms with Crippen molar-refractivity contribution < 1.29 is 9.47 Å². The van der Waals surface area contributed by atoms with Gasteiger partial charge in [0.15, 0.2) is 5.82 Å². The van der Waals surface area contributed by atoms with Crippen LogP contribution < -0.4 is 15.0 Å². The summed E-state index contributed by atoms with van der Waals surface area (Å²) in [4.78, 5) is 18.8. The van der Waals surface area contributed by atoms with E-state index >= 15 is 0 Å². The van der Waals surface area contributed by atoms with Gasteiger partial charge >= 0.3 is 0 Å². The Bertz CT molecular complexity index is 1820. The summed E-state index contributed by atoms with van der Waals surface area (Å²) in [6, 6.07) is 24.7. The number of methoxy groups -OCH3 is 1. The van der Waals surface area contributed by atoms with Gasteiger partial charge in [-0.3, -0.25) is 4.79 Å². The normalized spacial score (nSPS) is 11.5. The van der Waals surface area contributed by atoms with Gasteiger partial charge in [-0.15, -0.1) is 0 Å². The monoisotopic (exact) mass is 629 g/mol. The van der Waals surface area contributed by atoms with Gasteiger partial charge in [0.05, 0.1) is 28.7 Å². The Morgan fingerprint density at radius 2 is 1.78 bits per heavy atom. The molecule has 5 rings (SSSR count). The molecule has 0 amide bonds. The molecule has 1 aromatic heterocycles. The van der Waals surface area contributed by atoms with Crippen molar-refractivity contribution >= 4 is 44.6 Å². The van der Waals surface area contributed by atoms with Crippen molar-refractivity contribution in [2.75, 3.05) is 7.11 Å². The molecule has 0 aliphatic heterocycles. The predicted molar refractivity (Wildman–Crippen MR) is 170 cm³/mol. The van der Waals surface area contributed by atoms with Crippen molar-refractivity contribution in [1.82, 2.24) is 9.66 Å². The first-order valence-electron chi connectivity index (χ1n) is 13.2. The molecule has 8 heteroatoms. The number of hydrogen-bond acceptors (Lipinski definition) is 5. The number of halogens is 2. The first-order chi connectivity index (χ1) is 19.8. The van der Waals surface area contributed by atoms with Gasteiger partial charge < -0.3 is 9.47 Å². The maximum atomic E-state index is 13.8. The molecule has 0 bridgehead atoms. The van der Waals surface area contributed by atoms with Crippen LogP contribution in [0.2, 0.25) is 5.02 Å². The van der Waals surface area contributed by atoms with E-state index in [1.165, 1.54) is 4.68 Å². The number of ether oxygens (including phenoxy) is 2. The van der Waals surface area contributed by atoms with Gasteiger partial charge in [0, 0.05) is 16.1 Å². The van der Waals surface area contributed by atoms with Crippen LogP contribution in [0.15, 0.2) is 93.2 Å². The maximum absolute atomic E-state index is 13.8. The standard InChI is InChI=1S/C33H29BrClN3O3/c1-20(2)26-17-27(21(3)14-30(26)40-4)32-37-29-13-9-8-12-25(29)33(39)38(32)36-18-23-15-24(35)16-28(34)31(23)41-19-22-10-6-5-7-11-22/h5-18,20H,19H2,1-4H3. The van der Waals surface area contributed by atoms with Gasteiger partial charge in [0.1, 0.15) is 18.1 Å². The van der Waals surface area contributed by atoms with Crippen LogP contribution in [-0.2, 0) is 6.61 Å². The van der Waals surface area contributed by atoms with Crippen LogP contribution in [0.25, 0.3) is 22.3 Å². The lowest BCUT2D eigenvalue weighted by atomic mass is 9.96. The minimum absolute atomic E-state index is 0.196. The van der Waals surface area contributed by atoms with Crippen LogP contribution in [0.1, 0.15) is 42.0 Å². The van der Waals surface area contributed by atoms with E-state index in [1.807, 2.05) is 67.6 Å². The Hall–Kier alpha value is -3.94. The van der Waals surface area contributed by atoms with Gasteiger partial charge in [0.2, 0.25) is 0 Å². The number of hydrogen-bond donors (Lipinski definition) is 0. The van der Waals surface area contributed by atoms with Crippen molar-refractivity contribution in [3.63, 3.8) is 0 Å². The summed E-state index contributed by atoms with van der Waals surface area (Å²) < 4.78 is 13.9. The molecule has 0 saturated carbocycles. The van der Waals surface area contributed by atoms with E-state index in [4.69, 9.17) is 26.1 Å². The van der Waals surface area contributed by atoms with E-state index in [9.17, 15) is 4.79 Å². The van der Waals surface area contributed by atoms with E-state index < -0.39 is 0 Å². The summed E-state index contributed by atoms with van der Waals surface area (Å²) in [7, 11) is 1.66. The average molecular weight is 631 g/mol. The molecule has 0 unspecified atom stereocenters. The number of benzene rings is 4. The van der Waals surface area contributed by atoms with Crippen LogP contribution >= 0.6 is 27.5 Å². The first kappa shape index (κ1) is 28.6. The summed E-state index contributed by atoms with van der Waals surface area (Å²) in [5, 5.41) is 5.66. The number of para-hydroxylation sites is 1. The molecular formula is C33H29BrClN3O3. The SMILES string of the molecule is COc1cc(C)c(-c2nc3ccccc3c(=O)n2N=Cc2cc(Cl)cc(Br)c2OCc2ccccc2)cc1C(C)C. The maximum Gasteiger partial charge on any atom is 0.282 e. The lowest BCUT2D eigenvalue weighted by Crippen LogP contribution is -2.21. The third-order valence-electron chi connectivity index (χ3n) is 6.77.